The molecule has 12 heterocycles. The van der Waals surface area contributed by atoms with E-state index in [1.54, 1.807) is 29.0 Å². The maximum absolute atomic E-state index is 10.4. The molecule has 48 heteroatoms. The molecule has 0 unspecified atom stereocenters. The molecule has 0 aliphatic carbocycles. The Morgan fingerprint density at radius 2 is 1.00 bits per heavy atom. The number of para-hydroxylation sites is 2. The molecule has 0 bridgehead atoms. The van der Waals surface area contributed by atoms with E-state index >= 15 is 0 Å². The minimum Gasteiger partial charge on any atom is -0.392 e. The zero-order chi connectivity index (χ0) is 78.9. The van der Waals surface area contributed by atoms with Gasteiger partial charge in [-0.1, -0.05) is 84.3 Å². The van der Waals surface area contributed by atoms with Crippen molar-refractivity contribution in [1.82, 2.24) is 121 Å². The fraction of sp³-hybridized carbons (Fsp3) is 0.0656. The topological polar surface area (TPSA) is 447 Å². The second kappa shape index (κ2) is 45.5. The van der Waals surface area contributed by atoms with Crippen LogP contribution in [-0.4, -0.2) is 131 Å². The molecule has 18 rings (SSSR count). The van der Waals surface area contributed by atoms with Crippen molar-refractivity contribution < 1.29 is 5.11 Å². The van der Waals surface area contributed by atoms with Gasteiger partial charge in [0.1, 0.15) is 17.4 Å². The molecule has 6 aromatic carbocycles. The van der Waals surface area contributed by atoms with Crippen LogP contribution in [0.5, 0.6) is 0 Å². The first-order chi connectivity index (χ1) is 52.1. The molecule has 0 spiro atoms. The molecule has 2 aliphatic heterocycles. The van der Waals surface area contributed by atoms with Crippen molar-refractivity contribution in [1.29, 1.82) is 0 Å². The summed E-state index contributed by atoms with van der Waals surface area (Å²) in [5.74, 6) is 0. The van der Waals surface area contributed by atoms with E-state index in [-0.39, 0.29) is 26.6 Å². The van der Waals surface area contributed by atoms with E-state index in [0.29, 0.717) is 31.8 Å². The Kier molecular flexibility index (Phi) is 36.6. The molecule has 2 aliphatic rings. The molecule has 0 atom stereocenters. The highest BCUT2D eigenvalue weighted by molar-refractivity contribution is 7.81. The van der Waals surface area contributed by atoms with Gasteiger partial charge in [-0.3, -0.25) is 45.3 Å². The van der Waals surface area contributed by atoms with Crippen LogP contribution >= 0.6 is 230 Å². The smallest absolute Gasteiger partial charge is 0.329 e. The normalized spacial score (nSPS) is 10.9. The van der Waals surface area contributed by atoms with E-state index in [2.05, 4.69) is 233 Å². The highest BCUT2D eigenvalue weighted by Gasteiger charge is 2.12. The number of aliphatic hydroxyl groups excluding tert-OH is 1. The summed E-state index contributed by atoms with van der Waals surface area (Å²) in [6, 6.07) is 39.7. The van der Waals surface area contributed by atoms with Crippen LogP contribution in [0, 0.1) is 60.9 Å². The molecule has 0 fully saturated rings. The Bertz CT molecular complexity index is 6090. The Labute approximate surface area is 707 Å². The van der Waals surface area contributed by atoms with Crippen molar-refractivity contribution in [2.75, 3.05) is 5.32 Å². The van der Waals surface area contributed by atoms with Crippen molar-refractivity contribution in [2.24, 2.45) is 0 Å². The number of H-pyrrole nitrogens is 19. The largest absolute Gasteiger partial charge is 0.392 e. The summed E-state index contributed by atoms with van der Waals surface area (Å²) in [6.07, 6.45) is 8.88. The standard InChI is InChI=1S/C8H8N2S.C8H7NOS2.C8H7NS.C7H6N2S.C7H5NS2.C6H5N3S.C4H5NS.C3H3N3O2S.C3H3N3OS2.C3H3N3S3.C2H3N3S.C2H2N2S3/c1-5-2-3-6-7(4-5)10-8(11)9-6;10-4-5-1-2-7-6(3-5)9-8(11)12-7;10-8-5-6-3-1-2-4-7(6)9-8;10-5-1-2-6-7(3-5)9-4-8-6;9-7-8-5-3-1-2-4-6(5)10-7;10-4-1-2-5-6(3-4)8-9-7-5;6-4-2-1-3-5-4;3*7-1-4-2(8)6-3(9)5-1;6-2-3-1-4-5-2;5-1-3-4-2(6)7-1/h2-4H,1H3,(H2,9,10,11);1-3,10H,4H2,(H,9,11);1-4H,5H2,(H,9,10);1-4,10H,(H,8,9);1-4H,(H,8,9);1-3,10H,(H,7,8,9);1,3H,2H2,(H,5,6);3*(H3,4,5,6,7,8,9);1H,(H2,3,4,5,6);(H,3,5)(H,4,6). The van der Waals surface area contributed by atoms with E-state index in [1.165, 1.54) is 39.2 Å². The molecule has 22 N–H and O–H groups in total. The number of nitrogens with zero attached hydrogens (tertiary/aromatic N) is 4. The number of aliphatic hydroxyl groups is 1. The number of aryl methyl sites for hydroxylation is 1. The average Bonchev–Trinajstić information content (AvgIpc) is 1.64. The molecule has 29 nitrogen and oxygen atoms in total. The van der Waals surface area contributed by atoms with Crippen LogP contribution in [-0.2, 0) is 13.0 Å². The lowest BCUT2D eigenvalue weighted by molar-refractivity contribution is 0.282. The lowest BCUT2D eigenvalue weighted by atomic mass is 10.2. The monoisotopic (exact) mass is 1810 g/mol. The highest BCUT2D eigenvalue weighted by Crippen LogP contribution is 2.23. The summed E-state index contributed by atoms with van der Waals surface area (Å²) in [6.45, 7) is 2.13. The third kappa shape index (κ3) is 32.5. The third-order valence-corrected chi connectivity index (χ3v) is 19.0. The minimum atomic E-state index is -0.594. The minimum absolute atomic E-state index is 0.0313. The van der Waals surface area contributed by atoms with Crippen molar-refractivity contribution in [2.45, 2.75) is 36.2 Å². The van der Waals surface area contributed by atoms with Crippen molar-refractivity contribution in [3.8, 4) is 0 Å². The van der Waals surface area contributed by atoms with Gasteiger partial charge in [0.2, 0.25) is 4.77 Å². The van der Waals surface area contributed by atoms with E-state index < -0.39 is 11.4 Å². The number of aromatic amines is 19. The second-order valence-electron chi connectivity index (χ2n) is 20.6. The van der Waals surface area contributed by atoms with Gasteiger partial charge in [-0.2, -0.15) is 15.4 Å². The fourth-order valence-corrected chi connectivity index (χ4v) is 14.0. The number of benzene rings is 6. The molecule has 0 radical (unpaired) electrons. The summed E-state index contributed by atoms with van der Waals surface area (Å²) in [4.78, 5) is 79.1. The maximum atomic E-state index is 10.4. The molecule has 109 heavy (non-hydrogen) atoms. The van der Waals surface area contributed by atoms with Gasteiger partial charge < -0.3 is 60.6 Å². The Morgan fingerprint density at radius 3 is 1.53 bits per heavy atom. The first-order valence-corrected chi connectivity index (χ1v) is 39.3. The van der Waals surface area contributed by atoms with Gasteiger partial charge in [-0.15, -0.1) is 47.9 Å². The third-order valence-electron chi connectivity index (χ3n) is 12.6. The predicted molar refractivity (Wildman–Crippen MR) is 479 cm³/mol. The highest BCUT2D eigenvalue weighted by atomic mass is 32.2. The van der Waals surface area contributed by atoms with Gasteiger partial charge in [-0.25, -0.2) is 24.4 Å². The summed E-state index contributed by atoms with van der Waals surface area (Å²) in [5, 5.41) is 35.7. The van der Waals surface area contributed by atoms with E-state index in [4.69, 9.17) is 127 Å². The van der Waals surface area contributed by atoms with Crippen LogP contribution in [0.1, 0.15) is 23.1 Å². The zero-order valence-corrected chi connectivity index (χ0v) is 70.9. The number of fused-ring (bicyclic) bond motifs is 6. The first-order valence-electron chi connectivity index (χ1n) is 30.2. The van der Waals surface area contributed by atoms with Crippen LogP contribution < -0.4 is 27.7 Å². The zero-order valence-electron chi connectivity index (χ0n) is 55.3. The molecular weight excluding hydrogens is 1760 g/mol. The van der Waals surface area contributed by atoms with Crippen molar-refractivity contribution in [3.63, 3.8) is 0 Å². The number of rotatable bonds is 1. The summed E-state index contributed by atoms with van der Waals surface area (Å²) in [7, 11) is 0. The summed E-state index contributed by atoms with van der Waals surface area (Å²) >= 11 is 79.3. The van der Waals surface area contributed by atoms with E-state index in [0.717, 1.165) is 94.9 Å². The van der Waals surface area contributed by atoms with Crippen molar-refractivity contribution >= 4 is 300 Å². The van der Waals surface area contributed by atoms with Crippen LogP contribution in [0.4, 0.5) is 5.69 Å². The van der Waals surface area contributed by atoms with Gasteiger partial charge in [0.15, 0.2) is 49.2 Å². The van der Waals surface area contributed by atoms with Crippen molar-refractivity contribution in [3.05, 3.63) is 248 Å². The van der Waals surface area contributed by atoms with E-state index in [1.807, 2.05) is 108 Å². The summed E-state index contributed by atoms with van der Waals surface area (Å²) in [5.41, 5.74) is 11.1. The quantitative estimate of drug-likeness (QED) is 0.0536. The number of anilines is 1. The van der Waals surface area contributed by atoms with Gasteiger partial charge in [0.05, 0.1) is 65.4 Å². The number of hydrogen-bond donors (Lipinski definition) is 24. The van der Waals surface area contributed by atoms with Crippen LogP contribution in [0.25, 0.3) is 53.5 Å². The molecule has 0 saturated carbocycles. The van der Waals surface area contributed by atoms with Gasteiger partial charge >= 0.3 is 17.1 Å². The Morgan fingerprint density at radius 1 is 0.450 bits per heavy atom. The van der Waals surface area contributed by atoms with Crippen LogP contribution in [0.2, 0.25) is 0 Å². The average molecular weight is 1810 g/mol. The van der Waals surface area contributed by atoms with Gasteiger partial charge in [-0.05, 0) is 255 Å². The lowest BCUT2D eigenvalue weighted by Crippen LogP contribution is -2.24. The van der Waals surface area contributed by atoms with Crippen LogP contribution in [0.3, 0.4) is 0 Å². The molecule has 10 aromatic heterocycles. The SMILES string of the molecule is Cc1ccc2[nH]c(=S)[nH]c2c1.O=c1[nH]c(=O)[nH]c(=S)[nH]1.O=c1[nH]c(=S)[nH]c(=S)[nH]1.OCc1ccc2sc(=S)[nH]c2c1.S=C1CC=CN1.S=C1Cc2ccccc2N1.S=c1[nH][nH]c(=S)s1.S=c1[nH]c(=S)[nH]c(=S)[nH]1.S=c1[nH]c2ccccc2s1.S=c1nc[nH][nH]1.Sc1ccc2n[nH]nc2c1.Sc1ccc2nc[nH]c2c1. The number of aromatic nitrogens is 23. The van der Waals surface area contributed by atoms with Gasteiger partial charge in [0, 0.05) is 28.3 Å². The summed E-state index contributed by atoms with van der Waals surface area (Å²) < 4.78 is 8.43. The number of thiol groups is 2. The van der Waals surface area contributed by atoms with Gasteiger partial charge in [0.25, 0.3) is 0 Å². The number of thiocarbonyl (C=S) groups is 2. The molecule has 16 aromatic rings. The first kappa shape index (κ1) is 87.6. The Balaban J connectivity index is 0.000000166. The fourth-order valence-electron chi connectivity index (χ4n) is 8.09. The molecule has 564 valence electrons. The lowest BCUT2D eigenvalue weighted by Gasteiger charge is -1.94. The molecular formula is C61H57N25O4S19. The predicted octanol–water partition coefficient (Wildman–Crippen LogP) is 17.6. The Hall–Kier alpha value is -8.61. The number of thiazole rings is 2. The number of hydrogen-bond acceptors (Lipinski definition) is 27. The van der Waals surface area contributed by atoms with E-state index in [9.17, 15) is 14.4 Å². The number of nitrogens with one attached hydrogen (secondary N) is 21. The molecule has 0 saturated heterocycles. The molecule has 0 amide bonds. The second-order valence-corrected chi connectivity index (χ2v) is 31.7. The number of imidazole rings is 2. The van der Waals surface area contributed by atoms with Crippen LogP contribution in [0.15, 0.2) is 170 Å². The maximum Gasteiger partial charge on any atom is 0.329 e.